The van der Waals surface area contributed by atoms with Crippen LogP contribution in [0.4, 0.5) is 0 Å². The zero-order valence-corrected chi connectivity index (χ0v) is 23.6. The van der Waals surface area contributed by atoms with E-state index in [1.54, 1.807) is 33.6 Å². The molecule has 5 rings (SSSR count). The van der Waals surface area contributed by atoms with Gasteiger partial charge in [-0.3, -0.25) is 0 Å². The summed E-state index contributed by atoms with van der Waals surface area (Å²) in [7, 11) is 5.02. The van der Waals surface area contributed by atoms with Gasteiger partial charge in [-0.15, -0.1) is 0 Å². The number of pyridine rings is 2. The largest absolute Gasteiger partial charge is 1.00 e. The smallest absolute Gasteiger partial charge is 0.216 e. The second-order valence-electron chi connectivity index (χ2n) is 8.45. The lowest BCUT2D eigenvalue weighted by Gasteiger charge is -2.22. The molecule has 0 spiro atoms. The Hall–Kier alpha value is -2.78. The van der Waals surface area contributed by atoms with Crippen molar-refractivity contribution in [2.45, 2.75) is 32.9 Å². The van der Waals surface area contributed by atoms with Gasteiger partial charge in [-0.2, -0.15) is 4.57 Å². The van der Waals surface area contributed by atoms with Gasteiger partial charge in [0.05, 0.1) is 32.3 Å². The quantitative estimate of drug-likeness (QED) is 0.181. The molecule has 0 amide bonds. The molecule has 4 aromatic rings. The van der Waals surface area contributed by atoms with Crippen molar-refractivity contribution < 1.29 is 47.5 Å². The maximum Gasteiger partial charge on any atom is 0.216 e. The lowest BCUT2D eigenvalue weighted by Crippen LogP contribution is -3.00. The number of aryl methyl sites for hydroxylation is 3. The van der Waals surface area contributed by atoms with Gasteiger partial charge in [-0.05, 0) is 42.3 Å². The number of hydrogen-bond donors (Lipinski definition) is 0. The molecule has 8 heteroatoms. The first-order valence-electron chi connectivity index (χ1n) is 11.6. The summed E-state index contributed by atoms with van der Waals surface area (Å²) in [5.74, 6) is 2.92. The van der Waals surface area contributed by atoms with E-state index >= 15 is 0 Å². The Labute approximate surface area is 233 Å². The van der Waals surface area contributed by atoms with Crippen molar-refractivity contribution >= 4 is 22.4 Å². The molecule has 188 valence electrons. The fourth-order valence-corrected chi connectivity index (χ4v) is 5.00. The first-order chi connectivity index (χ1) is 17.1. The summed E-state index contributed by atoms with van der Waals surface area (Å²) in [4.78, 5) is 4.16. The number of hydrogen-bond acceptors (Lipinski definition) is 5. The second kappa shape index (κ2) is 11.1. The molecule has 2 aromatic carbocycles. The Bertz CT molecular complexity index is 1410. The van der Waals surface area contributed by atoms with E-state index in [4.69, 9.17) is 30.5 Å². The third kappa shape index (κ3) is 4.66. The number of rotatable bonds is 7. The van der Waals surface area contributed by atoms with E-state index < -0.39 is 0 Å². The third-order valence-electron chi connectivity index (χ3n) is 6.57. The van der Waals surface area contributed by atoms with Crippen LogP contribution in [0.2, 0.25) is 5.15 Å². The fraction of sp³-hybridized carbons (Fsp3) is 0.286. The van der Waals surface area contributed by atoms with Crippen molar-refractivity contribution in [2.24, 2.45) is 0 Å². The van der Waals surface area contributed by atoms with E-state index in [2.05, 4.69) is 40.9 Å². The van der Waals surface area contributed by atoms with Gasteiger partial charge in [0.1, 0.15) is 11.8 Å². The lowest BCUT2D eigenvalue weighted by atomic mass is 9.90. The molecule has 1 aliphatic heterocycles. The number of methoxy groups -OCH3 is 3. The number of fused-ring (bicyclic) bond motifs is 4. The topological polar surface area (TPSA) is 53.7 Å². The first-order valence-corrected chi connectivity index (χ1v) is 12.0. The van der Waals surface area contributed by atoms with Crippen LogP contribution >= 0.6 is 11.6 Å². The van der Waals surface area contributed by atoms with E-state index in [9.17, 15) is 0 Å². The van der Waals surface area contributed by atoms with E-state index in [0.717, 1.165) is 53.0 Å². The Balaban J connectivity index is 0.00000304. The second-order valence-corrected chi connectivity index (χ2v) is 8.84. The summed E-state index contributed by atoms with van der Waals surface area (Å²) in [5, 5.41) is 2.63. The van der Waals surface area contributed by atoms with Crippen LogP contribution < -0.4 is 47.5 Å². The molecule has 2 aromatic heterocycles. The molecule has 0 saturated heterocycles. The molecule has 0 radical (unpaired) electrons. The zero-order chi connectivity index (χ0) is 24.5. The van der Waals surface area contributed by atoms with Gasteiger partial charge in [0.15, 0.2) is 35.7 Å². The molecule has 1 aliphatic rings. The molecule has 0 N–H and O–H groups in total. The molecule has 6 nitrogen and oxygen atoms in total. The van der Waals surface area contributed by atoms with Crippen molar-refractivity contribution in [1.82, 2.24) is 4.98 Å². The molecular weight excluding hydrogens is 591 g/mol. The van der Waals surface area contributed by atoms with Crippen LogP contribution in [0.25, 0.3) is 22.0 Å². The van der Waals surface area contributed by atoms with Crippen LogP contribution in [-0.4, -0.2) is 26.3 Å². The monoisotopic (exact) mass is 618 g/mol. The van der Waals surface area contributed by atoms with E-state index in [-0.39, 0.29) is 24.0 Å². The van der Waals surface area contributed by atoms with Gasteiger partial charge in [0, 0.05) is 29.1 Å². The summed E-state index contributed by atoms with van der Waals surface area (Å²) in [5.41, 5.74) is 5.84. The summed E-state index contributed by atoms with van der Waals surface area (Å²) in [6.07, 6.45) is 5.68. The van der Waals surface area contributed by atoms with Crippen molar-refractivity contribution in [2.75, 3.05) is 21.3 Å². The minimum atomic E-state index is 0. The summed E-state index contributed by atoms with van der Waals surface area (Å²) in [6.45, 7) is 3.41. The van der Waals surface area contributed by atoms with Gasteiger partial charge in [-0.1, -0.05) is 24.6 Å². The molecule has 0 aliphatic carbocycles. The molecule has 0 atom stereocenters. The minimum Gasteiger partial charge on any atom is -1.00 e. The van der Waals surface area contributed by atoms with Crippen LogP contribution in [0.5, 0.6) is 23.0 Å². The zero-order valence-electron chi connectivity index (χ0n) is 20.7. The van der Waals surface area contributed by atoms with Crippen molar-refractivity contribution in [1.29, 1.82) is 0 Å². The number of ether oxygens (including phenoxy) is 4. The minimum absolute atomic E-state index is 0. The van der Waals surface area contributed by atoms with Crippen LogP contribution in [0.15, 0.2) is 48.8 Å². The Morgan fingerprint density at radius 1 is 0.944 bits per heavy atom. The van der Waals surface area contributed by atoms with E-state index in [1.165, 1.54) is 22.4 Å². The Kier molecular flexibility index (Phi) is 8.10. The SMILES string of the molecule is CCc1c2[n+](cc3c(OCc4ccc(Cl)nc4)c(OC)ccc13)CCc1cc(OC)c(OC)cc1-2.[I-]. The molecule has 36 heavy (non-hydrogen) atoms. The fourth-order valence-electron chi connectivity index (χ4n) is 4.89. The molecular formula is C28H28ClIN2O4. The van der Waals surface area contributed by atoms with Crippen LogP contribution in [0, 0.1) is 0 Å². The highest BCUT2D eigenvalue weighted by Gasteiger charge is 2.31. The van der Waals surface area contributed by atoms with Crippen molar-refractivity contribution in [3.05, 3.63) is 70.6 Å². The highest BCUT2D eigenvalue weighted by molar-refractivity contribution is 6.29. The molecule has 0 unspecified atom stereocenters. The van der Waals surface area contributed by atoms with Crippen LogP contribution in [-0.2, 0) is 26.0 Å². The highest BCUT2D eigenvalue weighted by Crippen LogP contribution is 2.42. The average Bonchev–Trinajstić information content (AvgIpc) is 2.90. The summed E-state index contributed by atoms with van der Waals surface area (Å²) >= 11 is 5.94. The first kappa shape index (κ1) is 26.3. The normalized spacial score (nSPS) is 11.8. The average molecular weight is 619 g/mol. The van der Waals surface area contributed by atoms with Gasteiger partial charge < -0.3 is 42.9 Å². The number of nitrogens with zero attached hydrogens (tertiary/aromatic N) is 2. The van der Waals surface area contributed by atoms with Gasteiger partial charge >= 0.3 is 0 Å². The van der Waals surface area contributed by atoms with Gasteiger partial charge in [0.2, 0.25) is 5.69 Å². The van der Waals surface area contributed by atoms with Gasteiger partial charge in [0.25, 0.3) is 0 Å². The maximum absolute atomic E-state index is 6.34. The maximum atomic E-state index is 6.34. The Morgan fingerprint density at radius 3 is 2.36 bits per heavy atom. The van der Waals surface area contributed by atoms with Crippen molar-refractivity contribution in [3.8, 4) is 34.3 Å². The van der Waals surface area contributed by atoms with Crippen LogP contribution in [0.1, 0.15) is 23.6 Å². The highest BCUT2D eigenvalue weighted by atomic mass is 127. The van der Waals surface area contributed by atoms with Crippen molar-refractivity contribution in [3.63, 3.8) is 0 Å². The number of halogens is 2. The van der Waals surface area contributed by atoms with Crippen LogP contribution in [0.3, 0.4) is 0 Å². The molecule has 0 saturated carbocycles. The summed E-state index contributed by atoms with van der Waals surface area (Å²) in [6, 6.07) is 12.0. The predicted octanol–water partition coefficient (Wildman–Crippen LogP) is 2.57. The van der Waals surface area contributed by atoms with E-state index in [1.807, 2.05) is 12.1 Å². The summed E-state index contributed by atoms with van der Waals surface area (Å²) < 4.78 is 25.5. The molecule has 0 fully saturated rings. The van der Waals surface area contributed by atoms with E-state index in [0.29, 0.717) is 17.5 Å². The number of aromatic nitrogens is 2. The molecule has 3 heterocycles. The standard InChI is InChI=1S/C28H28ClN2O4.HI/c1-5-19-20-7-8-23(32-2)28(35-16-17-6-9-26(29)30-14-17)22(20)15-31-11-10-18-12-24(33-3)25(34-4)13-21(18)27(19)31;/h6-9,12-15H,5,10-11,16H2,1-4H3;1H/q+1;/p-1. The Morgan fingerprint density at radius 2 is 1.69 bits per heavy atom. The van der Waals surface area contributed by atoms with Gasteiger partial charge in [-0.25, -0.2) is 4.98 Å². The lowest BCUT2D eigenvalue weighted by molar-refractivity contribution is -0.686. The molecule has 0 bridgehead atoms. The third-order valence-corrected chi connectivity index (χ3v) is 6.80. The predicted molar refractivity (Wildman–Crippen MR) is 136 cm³/mol. The number of benzene rings is 2.